The Labute approximate surface area is 166 Å². The van der Waals surface area contributed by atoms with Crippen LogP contribution in [0.3, 0.4) is 0 Å². The summed E-state index contributed by atoms with van der Waals surface area (Å²) in [7, 11) is 0. The van der Waals surface area contributed by atoms with Gasteiger partial charge in [0.15, 0.2) is 0 Å². The lowest BCUT2D eigenvalue weighted by Crippen LogP contribution is -2.54. The standard InChI is InChI=1S/C21H30N6O/c28-20-8-11-21(17-26(20)15-9-19-6-2-1-3-7-19)10-4-12-25(16-21)13-5-14-27-18-22-23-24-27/h1-3,6-7,18H,4-5,8-17H2. The van der Waals surface area contributed by atoms with Crippen LogP contribution >= 0.6 is 0 Å². The minimum Gasteiger partial charge on any atom is -0.342 e. The summed E-state index contributed by atoms with van der Waals surface area (Å²) >= 11 is 0. The molecule has 28 heavy (non-hydrogen) atoms. The molecule has 3 heterocycles. The predicted octanol–water partition coefficient (Wildman–Crippen LogP) is 2.01. The molecule has 2 aromatic rings. The smallest absolute Gasteiger partial charge is 0.222 e. The van der Waals surface area contributed by atoms with E-state index in [2.05, 4.69) is 49.6 Å². The number of hydrogen-bond donors (Lipinski definition) is 0. The first kappa shape index (κ1) is 19.1. The van der Waals surface area contributed by atoms with Crippen molar-refractivity contribution in [1.82, 2.24) is 30.0 Å². The Morgan fingerprint density at radius 3 is 2.75 bits per heavy atom. The van der Waals surface area contributed by atoms with Crippen LogP contribution in [0.15, 0.2) is 36.7 Å². The summed E-state index contributed by atoms with van der Waals surface area (Å²) < 4.78 is 1.80. The number of piperidine rings is 2. The summed E-state index contributed by atoms with van der Waals surface area (Å²) in [4.78, 5) is 17.2. The van der Waals surface area contributed by atoms with Gasteiger partial charge < -0.3 is 9.80 Å². The third-order valence-electron chi connectivity index (χ3n) is 6.25. The summed E-state index contributed by atoms with van der Waals surface area (Å²) in [6.45, 7) is 5.96. The first-order chi connectivity index (χ1) is 13.7. The molecule has 1 aromatic carbocycles. The lowest BCUT2D eigenvalue weighted by atomic mass is 9.73. The van der Waals surface area contributed by atoms with Crippen LogP contribution in [0.25, 0.3) is 0 Å². The average molecular weight is 383 g/mol. The van der Waals surface area contributed by atoms with E-state index in [0.717, 1.165) is 58.5 Å². The lowest BCUT2D eigenvalue weighted by molar-refractivity contribution is -0.139. The van der Waals surface area contributed by atoms with Gasteiger partial charge in [0, 0.05) is 38.0 Å². The van der Waals surface area contributed by atoms with Crippen LogP contribution in [0.2, 0.25) is 0 Å². The molecule has 1 amide bonds. The first-order valence-corrected chi connectivity index (χ1v) is 10.5. The Bertz CT molecular complexity index is 750. The number of hydrogen-bond acceptors (Lipinski definition) is 5. The van der Waals surface area contributed by atoms with Crippen molar-refractivity contribution in [3.8, 4) is 0 Å². The van der Waals surface area contributed by atoms with Crippen molar-refractivity contribution in [2.24, 2.45) is 5.41 Å². The normalized spacial score (nSPS) is 23.4. The molecule has 1 atom stereocenters. The van der Waals surface area contributed by atoms with Crippen molar-refractivity contribution in [3.63, 3.8) is 0 Å². The molecule has 0 saturated carbocycles. The molecule has 7 heteroatoms. The van der Waals surface area contributed by atoms with Crippen molar-refractivity contribution >= 4 is 5.91 Å². The largest absolute Gasteiger partial charge is 0.342 e. The minimum atomic E-state index is 0.275. The van der Waals surface area contributed by atoms with E-state index < -0.39 is 0 Å². The van der Waals surface area contributed by atoms with Crippen LogP contribution in [-0.4, -0.2) is 68.6 Å². The maximum Gasteiger partial charge on any atom is 0.222 e. The molecule has 0 N–H and O–H groups in total. The van der Waals surface area contributed by atoms with Gasteiger partial charge >= 0.3 is 0 Å². The Morgan fingerprint density at radius 2 is 1.93 bits per heavy atom. The van der Waals surface area contributed by atoms with Crippen LogP contribution in [0.1, 0.15) is 37.7 Å². The molecule has 4 rings (SSSR count). The number of rotatable bonds is 7. The van der Waals surface area contributed by atoms with Gasteiger partial charge in [-0.05, 0) is 61.2 Å². The summed E-state index contributed by atoms with van der Waals surface area (Å²) in [6, 6.07) is 10.5. The quantitative estimate of drug-likeness (QED) is 0.733. The van der Waals surface area contributed by atoms with Crippen LogP contribution < -0.4 is 0 Å². The second-order valence-electron chi connectivity index (χ2n) is 8.36. The number of benzene rings is 1. The average Bonchev–Trinajstić information content (AvgIpc) is 3.24. The fraction of sp³-hybridized carbons (Fsp3) is 0.619. The van der Waals surface area contributed by atoms with Gasteiger partial charge in [0.1, 0.15) is 6.33 Å². The number of nitrogens with zero attached hydrogens (tertiary/aromatic N) is 6. The Hall–Kier alpha value is -2.28. The molecular weight excluding hydrogens is 352 g/mol. The van der Waals surface area contributed by atoms with Gasteiger partial charge in [0.25, 0.3) is 0 Å². The number of carbonyl (C=O) groups excluding carboxylic acids is 1. The SMILES string of the molecule is O=C1CCC2(CCCN(CCCn3cnnn3)C2)CN1CCc1ccccc1. The fourth-order valence-corrected chi connectivity index (χ4v) is 4.79. The minimum absolute atomic E-state index is 0.275. The van der Waals surface area contributed by atoms with Crippen LogP contribution in [0.5, 0.6) is 0 Å². The van der Waals surface area contributed by atoms with Crippen LogP contribution in [-0.2, 0) is 17.8 Å². The number of carbonyl (C=O) groups is 1. The van der Waals surface area contributed by atoms with E-state index in [0.29, 0.717) is 12.3 Å². The number of tetrazole rings is 1. The molecule has 2 saturated heterocycles. The zero-order valence-electron chi connectivity index (χ0n) is 16.5. The molecule has 2 aliphatic heterocycles. The van der Waals surface area contributed by atoms with Crippen molar-refractivity contribution < 1.29 is 4.79 Å². The number of aryl methyl sites for hydroxylation is 1. The third-order valence-corrected chi connectivity index (χ3v) is 6.25. The highest BCUT2D eigenvalue weighted by molar-refractivity contribution is 5.77. The monoisotopic (exact) mass is 382 g/mol. The summed E-state index contributed by atoms with van der Waals surface area (Å²) in [5.41, 5.74) is 1.58. The second kappa shape index (κ2) is 8.82. The molecule has 0 aliphatic carbocycles. The zero-order chi connectivity index (χ0) is 19.2. The summed E-state index contributed by atoms with van der Waals surface area (Å²) in [6.07, 6.45) is 7.88. The van der Waals surface area contributed by atoms with Gasteiger partial charge in [-0.1, -0.05) is 30.3 Å². The summed E-state index contributed by atoms with van der Waals surface area (Å²) in [5.74, 6) is 0.331. The second-order valence-corrected chi connectivity index (χ2v) is 8.36. The Kier molecular flexibility index (Phi) is 6.00. The van der Waals surface area contributed by atoms with Crippen LogP contribution in [0.4, 0.5) is 0 Å². The van der Waals surface area contributed by atoms with Gasteiger partial charge in [-0.3, -0.25) is 4.79 Å². The Balaban J connectivity index is 1.30. The van der Waals surface area contributed by atoms with E-state index in [-0.39, 0.29) is 5.41 Å². The molecule has 2 aliphatic rings. The van der Waals surface area contributed by atoms with Crippen LogP contribution in [0, 0.1) is 5.41 Å². The molecule has 1 spiro atoms. The van der Waals surface area contributed by atoms with E-state index in [9.17, 15) is 4.79 Å². The fourth-order valence-electron chi connectivity index (χ4n) is 4.79. The highest BCUT2D eigenvalue weighted by Gasteiger charge is 2.41. The topological polar surface area (TPSA) is 67.2 Å². The highest BCUT2D eigenvalue weighted by atomic mass is 16.2. The maximum absolute atomic E-state index is 12.5. The number of amides is 1. The zero-order valence-corrected chi connectivity index (χ0v) is 16.5. The molecule has 0 bridgehead atoms. The van der Waals surface area contributed by atoms with Gasteiger partial charge in [-0.15, -0.1) is 5.10 Å². The molecule has 1 unspecified atom stereocenters. The van der Waals surface area contributed by atoms with E-state index >= 15 is 0 Å². The van der Waals surface area contributed by atoms with Crippen molar-refractivity contribution in [2.45, 2.75) is 45.1 Å². The van der Waals surface area contributed by atoms with Crippen molar-refractivity contribution in [2.75, 3.05) is 32.7 Å². The lowest BCUT2D eigenvalue weighted by Gasteiger charge is -2.48. The third kappa shape index (κ3) is 4.76. The first-order valence-electron chi connectivity index (χ1n) is 10.5. The summed E-state index contributed by atoms with van der Waals surface area (Å²) in [5, 5.41) is 11.3. The van der Waals surface area contributed by atoms with Gasteiger partial charge in [0.05, 0.1) is 0 Å². The van der Waals surface area contributed by atoms with E-state index in [1.165, 1.54) is 18.4 Å². The van der Waals surface area contributed by atoms with Gasteiger partial charge in [-0.2, -0.15) is 0 Å². The van der Waals surface area contributed by atoms with E-state index in [4.69, 9.17) is 0 Å². The molecule has 0 radical (unpaired) electrons. The molecular formula is C21H30N6O. The van der Waals surface area contributed by atoms with Gasteiger partial charge in [-0.25, -0.2) is 4.68 Å². The number of aromatic nitrogens is 4. The Morgan fingerprint density at radius 1 is 1.04 bits per heavy atom. The maximum atomic E-state index is 12.5. The molecule has 7 nitrogen and oxygen atoms in total. The molecule has 2 fully saturated rings. The molecule has 150 valence electrons. The van der Waals surface area contributed by atoms with Gasteiger partial charge in [0.2, 0.25) is 5.91 Å². The van der Waals surface area contributed by atoms with Crippen molar-refractivity contribution in [1.29, 1.82) is 0 Å². The highest BCUT2D eigenvalue weighted by Crippen LogP contribution is 2.38. The predicted molar refractivity (Wildman–Crippen MR) is 107 cm³/mol. The van der Waals surface area contributed by atoms with E-state index in [1.54, 1.807) is 11.0 Å². The molecule has 1 aromatic heterocycles. The number of likely N-dealkylation sites (tertiary alicyclic amines) is 2. The van der Waals surface area contributed by atoms with Crippen molar-refractivity contribution in [3.05, 3.63) is 42.2 Å². The van der Waals surface area contributed by atoms with E-state index in [1.807, 2.05) is 6.07 Å².